The van der Waals surface area contributed by atoms with Crippen LogP contribution in [0, 0.1) is 5.92 Å². The van der Waals surface area contributed by atoms with Gasteiger partial charge in [-0.05, 0) is 61.2 Å². The molecule has 0 radical (unpaired) electrons. The van der Waals surface area contributed by atoms with Gasteiger partial charge in [-0.15, -0.1) is 0 Å². The van der Waals surface area contributed by atoms with Crippen molar-refractivity contribution in [2.45, 2.75) is 19.8 Å². The predicted octanol–water partition coefficient (Wildman–Crippen LogP) is 4.34. The second-order valence-electron chi connectivity index (χ2n) is 8.63. The summed E-state index contributed by atoms with van der Waals surface area (Å²) in [6, 6.07) is 11.9. The molecule has 2 aliphatic rings. The Balaban J connectivity index is 1.68. The molecule has 1 amide bonds. The fourth-order valence-corrected chi connectivity index (χ4v) is 4.69. The number of benzene rings is 1. The number of pyridine rings is 1. The summed E-state index contributed by atoms with van der Waals surface area (Å²) in [6.07, 6.45) is 5.58. The minimum Gasteiger partial charge on any atom is -0.465 e. The largest absolute Gasteiger partial charge is 0.465 e. The molecule has 0 spiro atoms. The molecule has 154 valence electrons. The molecule has 5 rings (SSSR count). The highest BCUT2D eigenvalue weighted by molar-refractivity contribution is 6.09. The summed E-state index contributed by atoms with van der Waals surface area (Å²) >= 11 is 0. The third kappa shape index (κ3) is 3.43. The van der Waals surface area contributed by atoms with Crippen molar-refractivity contribution in [3.63, 3.8) is 0 Å². The molecule has 2 aromatic heterocycles. The van der Waals surface area contributed by atoms with E-state index >= 15 is 0 Å². The number of piperazine rings is 1. The topological polar surface area (TPSA) is 49.6 Å². The maximum atomic E-state index is 13.8. The first-order valence-electron chi connectivity index (χ1n) is 10.7. The van der Waals surface area contributed by atoms with Gasteiger partial charge in [0.05, 0.1) is 23.0 Å². The molecule has 5 nitrogen and oxygen atoms in total. The van der Waals surface area contributed by atoms with E-state index in [1.165, 1.54) is 0 Å². The van der Waals surface area contributed by atoms with E-state index in [4.69, 9.17) is 9.40 Å². The quantitative estimate of drug-likeness (QED) is 0.641. The van der Waals surface area contributed by atoms with Gasteiger partial charge < -0.3 is 14.2 Å². The molecule has 5 heteroatoms. The number of carbonyl (C=O) groups excluding carboxylic acids is 1. The van der Waals surface area contributed by atoms with Crippen LogP contribution in [0.2, 0.25) is 0 Å². The van der Waals surface area contributed by atoms with E-state index < -0.39 is 0 Å². The number of aromatic nitrogens is 1. The Hall–Kier alpha value is -2.92. The maximum absolute atomic E-state index is 13.8. The highest BCUT2D eigenvalue weighted by Gasteiger charge is 2.31. The lowest BCUT2D eigenvalue weighted by Crippen LogP contribution is -2.47. The molecule has 1 saturated heterocycles. The Kier molecular flexibility index (Phi) is 4.91. The fourth-order valence-electron chi connectivity index (χ4n) is 4.69. The number of carbonyl (C=O) groups is 1. The Morgan fingerprint density at radius 3 is 2.67 bits per heavy atom. The number of hydrogen-bond donors (Lipinski definition) is 0. The second-order valence-corrected chi connectivity index (χ2v) is 8.63. The smallest absolute Gasteiger partial charge is 0.254 e. The number of para-hydroxylation sites is 1. The standard InChI is InChI=1S/C25H27N3O2/c1-17-14-18(16-19-6-5-13-30-19)24-21(15-17)23(20-7-3-4-8-22(20)26-24)25(29)28-11-9-27(2)10-12-28/h3-8,13,16-17H,9-12,14-15H2,1-2H3/b18-16-. The summed E-state index contributed by atoms with van der Waals surface area (Å²) in [5.41, 5.74) is 4.93. The van der Waals surface area contributed by atoms with Crippen LogP contribution in [0.25, 0.3) is 22.6 Å². The summed E-state index contributed by atoms with van der Waals surface area (Å²) < 4.78 is 5.57. The van der Waals surface area contributed by atoms with E-state index in [9.17, 15) is 4.79 Å². The van der Waals surface area contributed by atoms with Gasteiger partial charge in [0, 0.05) is 31.6 Å². The number of allylic oxidation sites excluding steroid dienone is 1. The molecule has 30 heavy (non-hydrogen) atoms. The van der Waals surface area contributed by atoms with E-state index in [1.807, 2.05) is 41.3 Å². The molecule has 1 aliphatic heterocycles. The number of fused-ring (bicyclic) bond motifs is 2. The van der Waals surface area contributed by atoms with Gasteiger partial charge in [-0.2, -0.15) is 0 Å². The van der Waals surface area contributed by atoms with E-state index in [1.54, 1.807) is 6.26 Å². The Morgan fingerprint density at radius 2 is 1.90 bits per heavy atom. The molecule has 1 unspecified atom stereocenters. The fraction of sp³-hybridized carbons (Fsp3) is 0.360. The van der Waals surface area contributed by atoms with Crippen LogP contribution in [-0.2, 0) is 6.42 Å². The predicted molar refractivity (Wildman–Crippen MR) is 119 cm³/mol. The van der Waals surface area contributed by atoms with Crippen LogP contribution in [0.5, 0.6) is 0 Å². The van der Waals surface area contributed by atoms with Crippen molar-refractivity contribution in [1.82, 2.24) is 14.8 Å². The molecular formula is C25H27N3O2. The van der Waals surface area contributed by atoms with Crippen LogP contribution in [0.3, 0.4) is 0 Å². The third-order valence-corrected chi connectivity index (χ3v) is 6.28. The first-order valence-corrected chi connectivity index (χ1v) is 10.7. The van der Waals surface area contributed by atoms with Crippen LogP contribution in [0.1, 0.15) is 40.7 Å². The average Bonchev–Trinajstić information content (AvgIpc) is 3.25. The number of hydrogen-bond acceptors (Lipinski definition) is 4. The lowest BCUT2D eigenvalue weighted by atomic mass is 9.80. The van der Waals surface area contributed by atoms with Crippen LogP contribution in [0.4, 0.5) is 0 Å². The molecule has 0 N–H and O–H groups in total. The minimum atomic E-state index is 0.143. The van der Waals surface area contributed by atoms with Gasteiger partial charge in [0.1, 0.15) is 5.76 Å². The first-order chi connectivity index (χ1) is 14.6. The molecule has 1 fully saturated rings. The molecule has 1 aromatic carbocycles. The van der Waals surface area contributed by atoms with E-state index in [2.05, 4.69) is 24.9 Å². The van der Waals surface area contributed by atoms with Gasteiger partial charge in [0.25, 0.3) is 5.91 Å². The zero-order valence-corrected chi connectivity index (χ0v) is 17.6. The van der Waals surface area contributed by atoms with Crippen LogP contribution in [0.15, 0.2) is 47.1 Å². The molecule has 0 saturated carbocycles. The molecule has 3 heterocycles. The van der Waals surface area contributed by atoms with Crippen LogP contribution in [-0.4, -0.2) is 53.9 Å². The van der Waals surface area contributed by atoms with Crippen molar-refractivity contribution in [3.8, 4) is 0 Å². The average molecular weight is 402 g/mol. The first kappa shape index (κ1) is 19.1. The lowest BCUT2D eigenvalue weighted by Gasteiger charge is -2.34. The summed E-state index contributed by atoms with van der Waals surface area (Å²) in [6.45, 7) is 5.61. The zero-order valence-electron chi connectivity index (χ0n) is 17.6. The van der Waals surface area contributed by atoms with Gasteiger partial charge in [-0.3, -0.25) is 4.79 Å². The van der Waals surface area contributed by atoms with Crippen molar-refractivity contribution in [2.75, 3.05) is 33.2 Å². The third-order valence-electron chi connectivity index (χ3n) is 6.28. The van der Waals surface area contributed by atoms with E-state index in [-0.39, 0.29) is 5.91 Å². The van der Waals surface area contributed by atoms with Crippen molar-refractivity contribution in [1.29, 1.82) is 0 Å². The number of amides is 1. The number of furan rings is 1. The molecule has 1 atom stereocenters. The monoisotopic (exact) mass is 401 g/mol. The van der Waals surface area contributed by atoms with Crippen molar-refractivity contribution < 1.29 is 9.21 Å². The van der Waals surface area contributed by atoms with Gasteiger partial charge in [-0.25, -0.2) is 4.98 Å². The van der Waals surface area contributed by atoms with Crippen molar-refractivity contribution in [3.05, 3.63) is 65.2 Å². The number of nitrogens with zero attached hydrogens (tertiary/aromatic N) is 3. The Bertz CT molecular complexity index is 1110. The molecular weight excluding hydrogens is 374 g/mol. The molecule has 1 aliphatic carbocycles. The Labute approximate surface area is 177 Å². The lowest BCUT2D eigenvalue weighted by molar-refractivity contribution is 0.0664. The van der Waals surface area contributed by atoms with Crippen LogP contribution < -0.4 is 0 Å². The van der Waals surface area contributed by atoms with Gasteiger partial charge in [0.2, 0.25) is 0 Å². The molecule has 3 aromatic rings. The highest BCUT2D eigenvalue weighted by atomic mass is 16.3. The number of rotatable bonds is 2. The summed E-state index contributed by atoms with van der Waals surface area (Å²) in [5, 5.41) is 0.964. The summed E-state index contributed by atoms with van der Waals surface area (Å²) in [5.74, 6) is 1.41. The minimum absolute atomic E-state index is 0.143. The van der Waals surface area contributed by atoms with E-state index in [0.29, 0.717) is 5.92 Å². The highest BCUT2D eigenvalue weighted by Crippen LogP contribution is 2.39. The Morgan fingerprint density at radius 1 is 1.10 bits per heavy atom. The number of likely N-dealkylation sites (N-methyl/N-ethyl adjacent to an activating group) is 1. The summed E-state index contributed by atoms with van der Waals surface area (Å²) in [7, 11) is 2.11. The van der Waals surface area contributed by atoms with Crippen molar-refractivity contribution >= 4 is 28.5 Å². The van der Waals surface area contributed by atoms with Gasteiger partial charge >= 0.3 is 0 Å². The van der Waals surface area contributed by atoms with Crippen LogP contribution >= 0.6 is 0 Å². The van der Waals surface area contributed by atoms with E-state index in [0.717, 1.165) is 78.1 Å². The second kappa shape index (κ2) is 7.73. The normalized spacial score (nSPS) is 21.2. The maximum Gasteiger partial charge on any atom is 0.254 e. The van der Waals surface area contributed by atoms with Gasteiger partial charge in [-0.1, -0.05) is 25.1 Å². The molecule has 0 bridgehead atoms. The summed E-state index contributed by atoms with van der Waals surface area (Å²) in [4.78, 5) is 23.1. The SMILES string of the molecule is CC1C/C(=C/c2ccco2)c2nc3ccccc3c(C(=O)N3CCN(C)CC3)c2C1. The van der Waals surface area contributed by atoms with Gasteiger partial charge in [0.15, 0.2) is 0 Å². The zero-order chi connectivity index (χ0) is 20.7. The van der Waals surface area contributed by atoms with Crippen molar-refractivity contribution in [2.24, 2.45) is 5.92 Å².